The van der Waals surface area contributed by atoms with E-state index in [9.17, 15) is 33.0 Å². The Bertz CT molecular complexity index is 1090. The van der Waals surface area contributed by atoms with Gasteiger partial charge in [0.2, 0.25) is 11.8 Å². The van der Waals surface area contributed by atoms with Crippen LogP contribution in [0.5, 0.6) is 5.75 Å². The lowest BCUT2D eigenvalue weighted by atomic mass is 9.75. The van der Waals surface area contributed by atoms with Crippen LogP contribution in [0.4, 0.5) is 13.2 Å². The molecule has 0 spiro atoms. The summed E-state index contributed by atoms with van der Waals surface area (Å²) in [6.45, 7) is 3.62. The molecule has 7 atom stereocenters. The van der Waals surface area contributed by atoms with Crippen LogP contribution in [0.2, 0.25) is 0 Å². The number of hydrogen-bond donors (Lipinski definition) is 3. The van der Waals surface area contributed by atoms with Crippen LogP contribution in [0, 0.1) is 17.8 Å². The number of halogens is 3. The third kappa shape index (κ3) is 6.63. The number of benzene rings is 1. The van der Waals surface area contributed by atoms with Crippen molar-refractivity contribution in [1.82, 2.24) is 10.2 Å². The van der Waals surface area contributed by atoms with Crippen molar-refractivity contribution >= 4 is 11.8 Å². The highest BCUT2D eigenvalue weighted by Gasteiger charge is 2.51. The molecule has 1 aromatic carbocycles. The lowest BCUT2D eigenvalue weighted by molar-refractivity contribution is -0.175. The maximum absolute atomic E-state index is 13.8. The highest BCUT2D eigenvalue weighted by atomic mass is 19.4. The van der Waals surface area contributed by atoms with E-state index in [2.05, 4.69) is 26.1 Å². The zero-order valence-electron chi connectivity index (χ0n) is 23.1. The first-order valence-corrected chi connectivity index (χ1v) is 13.9. The van der Waals surface area contributed by atoms with Gasteiger partial charge in [-0.05, 0) is 42.7 Å². The van der Waals surface area contributed by atoms with Crippen molar-refractivity contribution in [2.75, 3.05) is 26.3 Å². The average molecular weight is 569 g/mol. The van der Waals surface area contributed by atoms with E-state index in [1.807, 2.05) is 0 Å². The van der Waals surface area contributed by atoms with E-state index < -0.39 is 55.3 Å². The molecule has 1 aliphatic heterocycles. The summed E-state index contributed by atoms with van der Waals surface area (Å²) in [5.74, 6) is -1.04. The molecule has 222 valence electrons. The highest BCUT2D eigenvalue weighted by Crippen LogP contribution is 2.47. The van der Waals surface area contributed by atoms with Crippen LogP contribution < -0.4 is 10.1 Å². The molecule has 3 aliphatic rings. The Morgan fingerprint density at radius 3 is 2.62 bits per heavy atom. The fourth-order valence-electron chi connectivity index (χ4n) is 6.31. The van der Waals surface area contributed by atoms with Gasteiger partial charge in [-0.15, -0.1) is 0 Å². The molecule has 1 fully saturated rings. The van der Waals surface area contributed by atoms with E-state index >= 15 is 0 Å². The van der Waals surface area contributed by atoms with Crippen LogP contribution in [0.3, 0.4) is 0 Å². The van der Waals surface area contributed by atoms with E-state index in [1.165, 1.54) is 6.08 Å². The van der Waals surface area contributed by atoms with Crippen molar-refractivity contribution in [2.24, 2.45) is 17.8 Å². The number of nitrogens with one attached hydrogen (secondary N) is 1. The fourth-order valence-corrected chi connectivity index (χ4v) is 6.31. The van der Waals surface area contributed by atoms with Gasteiger partial charge in [0.1, 0.15) is 31.1 Å². The topological polar surface area (TPSA) is 108 Å². The standard InChI is InChI=1S/C29H39F3N2O6/c1-16(2)18-9-8-17(3)12-23(18)39-14-24(36)34(15-29(30,31)32)21-13-20(28(38)33-10-11-35)25-19-6-4-5-7-22(19)40-27(25)26(21)37/h4-7,13,16-18,21,23,25-27,35,37H,8-12,14-15H2,1-3H3,(H,33,38)/t17-,18+,21+,23-,25-,26-,27-/m0/s1. The van der Waals surface area contributed by atoms with Crippen LogP contribution in [0.1, 0.15) is 51.5 Å². The van der Waals surface area contributed by atoms with Gasteiger partial charge in [0.05, 0.1) is 24.7 Å². The molecule has 11 heteroatoms. The molecule has 0 bridgehead atoms. The van der Waals surface area contributed by atoms with E-state index in [4.69, 9.17) is 9.47 Å². The van der Waals surface area contributed by atoms with E-state index in [-0.39, 0.29) is 30.7 Å². The third-order valence-electron chi connectivity index (χ3n) is 8.29. The van der Waals surface area contributed by atoms with Gasteiger partial charge in [0, 0.05) is 17.7 Å². The molecule has 0 saturated heterocycles. The molecule has 0 aromatic heterocycles. The van der Waals surface area contributed by atoms with Crippen LogP contribution in [-0.4, -0.2) is 83.8 Å². The lowest BCUT2D eigenvalue weighted by Gasteiger charge is -2.41. The monoisotopic (exact) mass is 568 g/mol. The molecule has 2 aliphatic carbocycles. The molecule has 3 N–H and O–H groups in total. The van der Waals surface area contributed by atoms with Crippen LogP contribution in [0.15, 0.2) is 35.9 Å². The molecule has 40 heavy (non-hydrogen) atoms. The number of alkyl halides is 3. The maximum Gasteiger partial charge on any atom is 0.406 e. The SMILES string of the molecule is CC(C)[C@H]1CC[C@H](C)C[C@@H]1OCC(=O)N(CC(F)(F)F)[C@@H]1C=C(C(=O)NCCO)[C@@H]2c3ccccc3O[C@@H]2[C@H]1O. The molecule has 1 saturated carbocycles. The Kier molecular flexibility index (Phi) is 9.47. The lowest BCUT2D eigenvalue weighted by Crippen LogP contribution is -2.58. The second-order valence-electron chi connectivity index (χ2n) is 11.5. The largest absolute Gasteiger partial charge is 0.486 e. The number of aliphatic hydroxyl groups excluding tert-OH is 2. The predicted octanol–water partition coefficient (Wildman–Crippen LogP) is 3.18. The highest BCUT2D eigenvalue weighted by molar-refractivity contribution is 5.96. The second kappa shape index (κ2) is 12.5. The Morgan fingerprint density at radius 1 is 1.23 bits per heavy atom. The van der Waals surface area contributed by atoms with E-state index in [0.29, 0.717) is 34.5 Å². The van der Waals surface area contributed by atoms with Crippen molar-refractivity contribution in [3.63, 3.8) is 0 Å². The van der Waals surface area contributed by atoms with Gasteiger partial charge >= 0.3 is 6.18 Å². The first kappa shape index (κ1) is 30.3. The zero-order valence-corrected chi connectivity index (χ0v) is 23.1. The van der Waals surface area contributed by atoms with Gasteiger partial charge in [0.15, 0.2) is 0 Å². The normalized spacial score (nSPS) is 29.7. The van der Waals surface area contributed by atoms with Gasteiger partial charge < -0.3 is 29.9 Å². The summed E-state index contributed by atoms with van der Waals surface area (Å²) in [6.07, 6.45) is -3.77. The summed E-state index contributed by atoms with van der Waals surface area (Å²) in [6, 6.07) is 5.33. The summed E-state index contributed by atoms with van der Waals surface area (Å²) in [5.41, 5.74) is 0.680. The number of amides is 2. The Hall–Kier alpha value is -2.63. The van der Waals surface area contributed by atoms with Gasteiger partial charge in [0.25, 0.3) is 0 Å². The molecule has 1 aromatic rings. The summed E-state index contributed by atoms with van der Waals surface area (Å²) in [4.78, 5) is 27.1. The minimum absolute atomic E-state index is 0.0700. The number of carbonyl (C=O) groups is 2. The number of carbonyl (C=O) groups excluding carboxylic acids is 2. The van der Waals surface area contributed by atoms with Crippen LogP contribution >= 0.6 is 0 Å². The Labute approximate surface area is 232 Å². The van der Waals surface area contributed by atoms with E-state index in [0.717, 1.165) is 12.8 Å². The van der Waals surface area contributed by atoms with Crippen LogP contribution in [0.25, 0.3) is 0 Å². The predicted molar refractivity (Wildman–Crippen MR) is 140 cm³/mol. The van der Waals surface area contributed by atoms with Crippen molar-refractivity contribution in [3.05, 3.63) is 41.5 Å². The zero-order chi connectivity index (χ0) is 29.2. The van der Waals surface area contributed by atoms with Crippen molar-refractivity contribution < 1.29 is 42.4 Å². The average Bonchev–Trinajstić information content (AvgIpc) is 3.29. The Balaban J connectivity index is 1.64. The minimum Gasteiger partial charge on any atom is -0.486 e. The number of para-hydroxylation sites is 1. The molecular formula is C29H39F3N2O6. The second-order valence-corrected chi connectivity index (χ2v) is 11.5. The van der Waals surface area contributed by atoms with Gasteiger partial charge in [-0.25, -0.2) is 0 Å². The maximum atomic E-state index is 13.8. The summed E-state index contributed by atoms with van der Waals surface area (Å²) < 4.78 is 53.3. The molecule has 8 nitrogen and oxygen atoms in total. The molecule has 2 amide bonds. The number of nitrogens with zero attached hydrogens (tertiary/aromatic N) is 1. The Morgan fingerprint density at radius 2 is 1.95 bits per heavy atom. The number of aliphatic hydroxyl groups is 2. The van der Waals surface area contributed by atoms with Crippen LogP contribution in [-0.2, 0) is 14.3 Å². The van der Waals surface area contributed by atoms with E-state index in [1.54, 1.807) is 24.3 Å². The summed E-state index contributed by atoms with van der Waals surface area (Å²) >= 11 is 0. The quantitative estimate of drug-likeness (QED) is 0.423. The molecular weight excluding hydrogens is 529 g/mol. The number of rotatable bonds is 9. The molecule has 0 unspecified atom stereocenters. The summed E-state index contributed by atoms with van der Waals surface area (Å²) in [5, 5.41) is 23.1. The third-order valence-corrected chi connectivity index (χ3v) is 8.29. The van der Waals surface area contributed by atoms with Crippen molar-refractivity contribution in [3.8, 4) is 5.75 Å². The van der Waals surface area contributed by atoms with Gasteiger partial charge in [-0.3, -0.25) is 9.59 Å². The minimum atomic E-state index is -4.77. The van der Waals surface area contributed by atoms with Crippen molar-refractivity contribution in [2.45, 2.75) is 76.5 Å². The molecule has 0 radical (unpaired) electrons. The van der Waals surface area contributed by atoms with Gasteiger partial charge in [-0.1, -0.05) is 45.4 Å². The number of ether oxygens (including phenoxy) is 2. The molecule has 1 heterocycles. The smallest absolute Gasteiger partial charge is 0.406 e. The number of fused-ring (bicyclic) bond motifs is 3. The fraction of sp³-hybridized carbons (Fsp3) is 0.655. The molecule has 4 rings (SSSR count). The van der Waals surface area contributed by atoms with Crippen molar-refractivity contribution in [1.29, 1.82) is 0 Å². The number of hydrogen-bond acceptors (Lipinski definition) is 6. The summed E-state index contributed by atoms with van der Waals surface area (Å²) in [7, 11) is 0. The first-order valence-electron chi connectivity index (χ1n) is 13.9. The van der Waals surface area contributed by atoms with Gasteiger partial charge in [-0.2, -0.15) is 13.2 Å². The first-order chi connectivity index (χ1) is 18.9.